The van der Waals surface area contributed by atoms with E-state index in [1.165, 1.54) is 0 Å². The molecule has 118 valence electrons. The van der Waals surface area contributed by atoms with Crippen molar-refractivity contribution in [3.8, 4) is 0 Å². The second kappa shape index (κ2) is 9.40. The number of aliphatic hydroxyl groups is 1. The number of nitrogens with one attached hydrogen (secondary N) is 1. The minimum atomic E-state index is 0.0681. The summed E-state index contributed by atoms with van der Waals surface area (Å²) >= 11 is 0. The molecule has 2 N–H and O–H groups in total. The minimum Gasteiger partial charge on any atom is -0.396 e. The van der Waals surface area contributed by atoms with Gasteiger partial charge < -0.3 is 15.3 Å². The summed E-state index contributed by atoms with van der Waals surface area (Å²) in [5.74, 6) is 0.0681. The molecule has 0 unspecified atom stereocenters. The average Bonchev–Trinajstić information content (AvgIpc) is 2.48. The molecule has 1 rings (SSSR count). The average molecular weight is 292 g/mol. The zero-order chi connectivity index (χ0) is 15.7. The lowest BCUT2D eigenvalue weighted by Gasteiger charge is -2.19. The highest BCUT2D eigenvalue weighted by atomic mass is 16.2. The molecule has 1 aromatic rings. The molecule has 0 radical (unpaired) electrons. The van der Waals surface area contributed by atoms with Crippen molar-refractivity contribution in [2.24, 2.45) is 0 Å². The largest absolute Gasteiger partial charge is 0.396 e. The van der Waals surface area contributed by atoms with Crippen LogP contribution >= 0.6 is 0 Å². The summed E-state index contributed by atoms with van der Waals surface area (Å²) in [6.07, 6.45) is 3.76. The number of rotatable bonds is 9. The third-order valence-electron chi connectivity index (χ3n) is 3.53. The van der Waals surface area contributed by atoms with E-state index in [9.17, 15) is 4.79 Å². The second-order valence-electron chi connectivity index (χ2n) is 5.47. The fourth-order valence-corrected chi connectivity index (χ4v) is 2.23. The molecule has 0 atom stereocenters. The van der Waals surface area contributed by atoms with E-state index in [0.29, 0.717) is 0 Å². The van der Waals surface area contributed by atoms with Crippen LogP contribution in [0.5, 0.6) is 0 Å². The summed E-state index contributed by atoms with van der Waals surface area (Å²) in [5, 5.41) is 12.1. The number of hydrogen-bond acceptors (Lipinski definition) is 3. The van der Waals surface area contributed by atoms with Gasteiger partial charge in [0, 0.05) is 38.0 Å². The third-order valence-corrected chi connectivity index (χ3v) is 3.53. The van der Waals surface area contributed by atoms with Crippen LogP contribution in [-0.2, 0) is 0 Å². The molecule has 0 saturated heterocycles. The molecule has 4 nitrogen and oxygen atoms in total. The summed E-state index contributed by atoms with van der Waals surface area (Å²) in [5.41, 5.74) is 2.83. The van der Waals surface area contributed by atoms with Crippen molar-refractivity contribution in [2.45, 2.75) is 39.5 Å². The Kier molecular flexibility index (Phi) is 7.83. The van der Waals surface area contributed by atoms with Crippen LogP contribution in [0.3, 0.4) is 0 Å². The second-order valence-corrected chi connectivity index (χ2v) is 5.47. The van der Waals surface area contributed by atoms with Crippen LogP contribution in [0.4, 0.5) is 5.69 Å². The van der Waals surface area contributed by atoms with Crippen molar-refractivity contribution in [3.63, 3.8) is 0 Å². The van der Waals surface area contributed by atoms with Crippen molar-refractivity contribution in [1.82, 2.24) is 4.90 Å². The number of benzene rings is 1. The first-order chi connectivity index (χ1) is 10.1. The Morgan fingerprint density at radius 1 is 1.29 bits per heavy atom. The standard InChI is InChI=1S/C17H28N2O2/c1-4-10-18-15-8-9-16(14(2)13-15)17(21)19(3)11-6-5-7-12-20/h8-9,13,18,20H,4-7,10-12H2,1-3H3. The van der Waals surface area contributed by atoms with E-state index in [1.807, 2.05) is 32.2 Å². The fraction of sp³-hybridized carbons (Fsp3) is 0.588. The van der Waals surface area contributed by atoms with Crippen LogP contribution in [0, 0.1) is 6.92 Å². The van der Waals surface area contributed by atoms with Gasteiger partial charge in [-0.1, -0.05) is 6.92 Å². The maximum absolute atomic E-state index is 12.4. The van der Waals surface area contributed by atoms with Crippen LogP contribution in [0.2, 0.25) is 0 Å². The van der Waals surface area contributed by atoms with E-state index in [-0.39, 0.29) is 12.5 Å². The molecule has 0 saturated carbocycles. The van der Waals surface area contributed by atoms with Gasteiger partial charge in [0.25, 0.3) is 5.91 Å². The molecule has 0 aliphatic carbocycles. The van der Waals surface area contributed by atoms with Crippen molar-refractivity contribution < 1.29 is 9.90 Å². The third kappa shape index (κ3) is 5.76. The zero-order valence-corrected chi connectivity index (χ0v) is 13.5. The Morgan fingerprint density at radius 3 is 2.67 bits per heavy atom. The molecular formula is C17H28N2O2. The Balaban J connectivity index is 2.60. The van der Waals surface area contributed by atoms with Crippen molar-refractivity contribution in [2.75, 3.05) is 32.1 Å². The predicted octanol–water partition coefficient (Wildman–Crippen LogP) is 3.05. The maximum Gasteiger partial charge on any atom is 0.253 e. The number of aryl methyl sites for hydroxylation is 1. The summed E-state index contributed by atoms with van der Waals surface area (Å²) in [6, 6.07) is 5.90. The van der Waals surface area contributed by atoms with E-state index in [4.69, 9.17) is 5.11 Å². The first-order valence-electron chi connectivity index (χ1n) is 7.81. The van der Waals surface area contributed by atoms with Crippen molar-refractivity contribution >= 4 is 11.6 Å². The first-order valence-corrected chi connectivity index (χ1v) is 7.81. The highest BCUT2D eigenvalue weighted by molar-refractivity contribution is 5.95. The number of unbranched alkanes of at least 4 members (excludes halogenated alkanes) is 2. The van der Waals surface area contributed by atoms with Crippen molar-refractivity contribution in [3.05, 3.63) is 29.3 Å². The Morgan fingerprint density at radius 2 is 2.05 bits per heavy atom. The molecule has 21 heavy (non-hydrogen) atoms. The molecular weight excluding hydrogens is 264 g/mol. The lowest BCUT2D eigenvalue weighted by atomic mass is 10.1. The summed E-state index contributed by atoms with van der Waals surface area (Å²) < 4.78 is 0. The molecule has 1 aromatic carbocycles. The molecule has 0 bridgehead atoms. The van der Waals surface area contributed by atoms with Gasteiger partial charge in [0.05, 0.1) is 0 Å². The number of nitrogens with zero attached hydrogens (tertiary/aromatic N) is 1. The Bertz CT molecular complexity index is 446. The Labute approximate surface area is 128 Å². The fourth-order valence-electron chi connectivity index (χ4n) is 2.23. The van der Waals surface area contributed by atoms with Gasteiger partial charge in [0.2, 0.25) is 0 Å². The number of amides is 1. The van der Waals surface area contributed by atoms with Crippen LogP contribution in [0.1, 0.15) is 48.5 Å². The van der Waals surface area contributed by atoms with Crippen LogP contribution in [0.15, 0.2) is 18.2 Å². The highest BCUT2D eigenvalue weighted by Gasteiger charge is 2.13. The lowest BCUT2D eigenvalue weighted by Crippen LogP contribution is -2.28. The molecule has 0 aliphatic heterocycles. The van der Waals surface area contributed by atoms with Gasteiger partial charge in [0.1, 0.15) is 0 Å². The molecule has 0 aliphatic rings. The minimum absolute atomic E-state index is 0.0681. The van der Waals surface area contributed by atoms with Gasteiger partial charge in [-0.15, -0.1) is 0 Å². The van der Waals surface area contributed by atoms with E-state index >= 15 is 0 Å². The van der Waals surface area contributed by atoms with Crippen LogP contribution in [0.25, 0.3) is 0 Å². The van der Waals surface area contributed by atoms with Crippen LogP contribution < -0.4 is 5.32 Å². The summed E-state index contributed by atoms with van der Waals surface area (Å²) in [7, 11) is 1.84. The quantitative estimate of drug-likeness (QED) is 0.688. The number of carbonyl (C=O) groups is 1. The molecule has 4 heteroatoms. The van der Waals surface area contributed by atoms with Gasteiger partial charge in [0.15, 0.2) is 0 Å². The van der Waals surface area contributed by atoms with Gasteiger partial charge in [-0.3, -0.25) is 4.79 Å². The summed E-state index contributed by atoms with van der Waals surface area (Å²) in [4.78, 5) is 14.2. The zero-order valence-electron chi connectivity index (χ0n) is 13.5. The molecule has 0 heterocycles. The van der Waals surface area contributed by atoms with Gasteiger partial charge in [-0.25, -0.2) is 0 Å². The van der Waals surface area contributed by atoms with Crippen LogP contribution in [-0.4, -0.2) is 42.7 Å². The Hall–Kier alpha value is -1.55. The topological polar surface area (TPSA) is 52.6 Å². The van der Waals surface area contributed by atoms with Crippen molar-refractivity contribution in [1.29, 1.82) is 0 Å². The van der Waals surface area contributed by atoms with Gasteiger partial charge in [-0.2, -0.15) is 0 Å². The lowest BCUT2D eigenvalue weighted by molar-refractivity contribution is 0.0791. The number of hydrogen-bond donors (Lipinski definition) is 2. The monoisotopic (exact) mass is 292 g/mol. The molecule has 0 fully saturated rings. The number of anilines is 1. The van der Waals surface area contributed by atoms with E-state index in [2.05, 4.69) is 12.2 Å². The van der Waals surface area contributed by atoms with Gasteiger partial charge >= 0.3 is 0 Å². The summed E-state index contributed by atoms with van der Waals surface area (Å²) in [6.45, 7) is 6.00. The number of carbonyl (C=O) groups excluding carboxylic acids is 1. The van der Waals surface area contributed by atoms with E-state index < -0.39 is 0 Å². The number of aliphatic hydroxyl groups excluding tert-OH is 1. The van der Waals surface area contributed by atoms with E-state index in [1.54, 1.807) is 4.90 Å². The highest BCUT2D eigenvalue weighted by Crippen LogP contribution is 2.17. The first kappa shape index (κ1) is 17.5. The smallest absolute Gasteiger partial charge is 0.253 e. The normalized spacial score (nSPS) is 10.5. The van der Waals surface area contributed by atoms with Gasteiger partial charge in [-0.05, 0) is 56.4 Å². The molecule has 0 spiro atoms. The predicted molar refractivity (Wildman–Crippen MR) is 87.9 cm³/mol. The van der Waals surface area contributed by atoms with E-state index in [0.717, 1.165) is 55.6 Å². The molecule has 1 amide bonds. The maximum atomic E-state index is 12.4. The SMILES string of the molecule is CCCNc1ccc(C(=O)N(C)CCCCCO)c(C)c1. The molecule has 0 aromatic heterocycles.